The van der Waals surface area contributed by atoms with Gasteiger partial charge in [-0.25, -0.2) is 0 Å². The van der Waals surface area contributed by atoms with Gasteiger partial charge in [-0.15, -0.1) is 0 Å². The largest absolute Gasteiger partial charge is 0.491 e. The molecule has 4 nitrogen and oxygen atoms in total. The Hall–Kier alpha value is -1.88. The van der Waals surface area contributed by atoms with Gasteiger partial charge in [0.15, 0.2) is 0 Å². The summed E-state index contributed by atoms with van der Waals surface area (Å²) in [4.78, 5) is 0. The first-order valence-corrected chi connectivity index (χ1v) is 11.8. The fraction of sp³-hybridized carbons (Fsp3) is 0.571. The molecule has 0 aromatic heterocycles. The summed E-state index contributed by atoms with van der Waals surface area (Å²) in [5, 5.41) is 0. The van der Waals surface area contributed by atoms with E-state index in [4.69, 9.17) is 18.9 Å². The maximum absolute atomic E-state index is 6.10. The lowest BCUT2D eigenvalue weighted by Crippen LogP contribution is -2.28. The number of hydrogen-bond acceptors (Lipinski definition) is 4. The van der Waals surface area contributed by atoms with Crippen LogP contribution in [0.4, 0.5) is 0 Å². The Bertz CT molecular complexity index is 755. The molecule has 2 rings (SSSR count). The molecular formula is C28H42O4. The van der Waals surface area contributed by atoms with Crippen molar-refractivity contribution in [3.63, 3.8) is 0 Å². The van der Waals surface area contributed by atoms with Gasteiger partial charge in [-0.05, 0) is 83.1 Å². The molecule has 0 heterocycles. The molecular weight excluding hydrogens is 400 g/mol. The van der Waals surface area contributed by atoms with Gasteiger partial charge in [-0.2, -0.15) is 0 Å². The van der Waals surface area contributed by atoms with E-state index in [2.05, 4.69) is 70.2 Å². The van der Waals surface area contributed by atoms with Crippen molar-refractivity contribution in [2.45, 2.75) is 71.0 Å². The molecule has 0 aliphatic carbocycles. The van der Waals surface area contributed by atoms with Gasteiger partial charge >= 0.3 is 0 Å². The van der Waals surface area contributed by atoms with Gasteiger partial charge in [0, 0.05) is 20.3 Å². The van der Waals surface area contributed by atoms with Gasteiger partial charge in [0.2, 0.25) is 0 Å². The molecule has 0 N–H and O–H groups in total. The zero-order valence-corrected chi connectivity index (χ0v) is 20.7. The third-order valence-corrected chi connectivity index (χ3v) is 5.57. The maximum Gasteiger partial charge on any atom is 0.119 e. The van der Waals surface area contributed by atoms with Crippen molar-refractivity contribution in [2.24, 2.45) is 0 Å². The quantitative estimate of drug-likeness (QED) is 0.280. The monoisotopic (exact) mass is 442 g/mol. The molecule has 32 heavy (non-hydrogen) atoms. The molecule has 178 valence electrons. The van der Waals surface area contributed by atoms with Gasteiger partial charge in [0.05, 0.1) is 17.8 Å². The second-order valence-electron chi connectivity index (χ2n) is 9.57. The molecule has 0 radical (unpaired) electrons. The lowest BCUT2D eigenvalue weighted by molar-refractivity contribution is -0.0483. The highest BCUT2D eigenvalue weighted by molar-refractivity contribution is 5.32. The SMILES string of the molecule is COCCC(C)(C)OCCCCC(C)(C)OCCOc1cccc(Cc2ccccc2)c1. The molecule has 0 amide bonds. The fourth-order valence-electron chi connectivity index (χ4n) is 3.55. The van der Waals surface area contributed by atoms with E-state index in [-0.39, 0.29) is 11.2 Å². The van der Waals surface area contributed by atoms with Crippen LogP contribution in [-0.2, 0) is 20.6 Å². The van der Waals surface area contributed by atoms with Crippen molar-refractivity contribution in [3.05, 3.63) is 65.7 Å². The number of methoxy groups -OCH3 is 1. The van der Waals surface area contributed by atoms with Crippen LogP contribution in [-0.4, -0.2) is 44.7 Å². The molecule has 0 spiro atoms. The lowest BCUT2D eigenvalue weighted by atomic mass is 10.0. The predicted molar refractivity (Wildman–Crippen MR) is 132 cm³/mol. The van der Waals surface area contributed by atoms with Crippen LogP contribution in [0.25, 0.3) is 0 Å². The van der Waals surface area contributed by atoms with Crippen molar-refractivity contribution < 1.29 is 18.9 Å². The first-order valence-electron chi connectivity index (χ1n) is 11.8. The van der Waals surface area contributed by atoms with E-state index in [0.717, 1.165) is 51.1 Å². The molecule has 0 aliphatic rings. The summed E-state index contributed by atoms with van der Waals surface area (Å²) in [6.45, 7) is 11.2. The van der Waals surface area contributed by atoms with Crippen LogP contribution in [0.5, 0.6) is 5.75 Å². The van der Waals surface area contributed by atoms with E-state index in [1.165, 1.54) is 11.1 Å². The number of hydrogen-bond donors (Lipinski definition) is 0. The molecule has 0 saturated heterocycles. The Kier molecular flexibility index (Phi) is 11.2. The minimum atomic E-state index is -0.163. The summed E-state index contributed by atoms with van der Waals surface area (Å²) < 4.78 is 23.2. The van der Waals surface area contributed by atoms with Crippen molar-refractivity contribution in [2.75, 3.05) is 33.5 Å². The molecule has 0 unspecified atom stereocenters. The number of benzene rings is 2. The normalized spacial score (nSPS) is 12.2. The van der Waals surface area contributed by atoms with Crippen LogP contribution >= 0.6 is 0 Å². The smallest absolute Gasteiger partial charge is 0.119 e. The van der Waals surface area contributed by atoms with Gasteiger partial charge in [0.25, 0.3) is 0 Å². The van der Waals surface area contributed by atoms with Gasteiger partial charge in [0.1, 0.15) is 12.4 Å². The van der Waals surface area contributed by atoms with Gasteiger partial charge in [-0.1, -0.05) is 42.5 Å². The van der Waals surface area contributed by atoms with Gasteiger partial charge < -0.3 is 18.9 Å². The summed E-state index contributed by atoms with van der Waals surface area (Å²) in [5.74, 6) is 0.896. The molecule has 2 aromatic carbocycles. The highest BCUT2D eigenvalue weighted by atomic mass is 16.5. The number of ether oxygens (including phenoxy) is 4. The molecule has 0 aliphatic heterocycles. The third kappa shape index (κ3) is 11.1. The Morgan fingerprint density at radius 1 is 0.656 bits per heavy atom. The van der Waals surface area contributed by atoms with E-state index in [1.54, 1.807) is 7.11 Å². The average molecular weight is 443 g/mol. The van der Waals surface area contributed by atoms with Crippen LogP contribution in [0.3, 0.4) is 0 Å². The Balaban J connectivity index is 1.62. The zero-order valence-electron chi connectivity index (χ0n) is 20.7. The standard InChI is InChI=1S/C28H42O4/c1-27(2,16-9-10-18-31-28(3,4)17-19-29-5)32-21-20-30-26-15-11-14-25(23-26)22-24-12-7-6-8-13-24/h6-8,11-15,23H,9-10,16-22H2,1-5H3. The predicted octanol–water partition coefficient (Wildman–Crippen LogP) is 6.45. The summed E-state index contributed by atoms with van der Waals surface area (Å²) in [5.41, 5.74) is 2.27. The van der Waals surface area contributed by atoms with E-state index >= 15 is 0 Å². The first kappa shape index (κ1) is 26.4. The number of unbranched alkanes of at least 4 members (excludes halogenated alkanes) is 1. The third-order valence-electron chi connectivity index (χ3n) is 5.57. The van der Waals surface area contributed by atoms with Crippen LogP contribution in [0.1, 0.15) is 64.5 Å². The average Bonchev–Trinajstić information content (AvgIpc) is 2.76. The summed E-state index contributed by atoms with van der Waals surface area (Å²) in [6.07, 6.45) is 4.94. The molecule has 2 aromatic rings. The summed E-state index contributed by atoms with van der Waals surface area (Å²) in [6, 6.07) is 18.8. The van der Waals surface area contributed by atoms with E-state index in [9.17, 15) is 0 Å². The molecule has 0 atom stereocenters. The van der Waals surface area contributed by atoms with E-state index in [0.29, 0.717) is 13.2 Å². The Morgan fingerprint density at radius 3 is 2.09 bits per heavy atom. The summed E-state index contributed by atoms with van der Waals surface area (Å²) in [7, 11) is 1.73. The van der Waals surface area contributed by atoms with Crippen molar-refractivity contribution in [1.29, 1.82) is 0 Å². The zero-order chi connectivity index (χ0) is 23.3. The van der Waals surface area contributed by atoms with Crippen molar-refractivity contribution in [3.8, 4) is 5.75 Å². The topological polar surface area (TPSA) is 36.9 Å². The molecule has 0 fully saturated rings. The van der Waals surface area contributed by atoms with Gasteiger partial charge in [-0.3, -0.25) is 0 Å². The van der Waals surface area contributed by atoms with Crippen LogP contribution in [0.2, 0.25) is 0 Å². The minimum absolute atomic E-state index is 0.127. The minimum Gasteiger partial charge on any atom is -0.491 e. The maximum atomic E-state index is 6.10. The van der Waals surface area contributed by atoms with Crippen LogP contribution in [0.15, 0.2) is 54.6 Å². The second kappa shape index (κ2) is 13.6. The van der Waals surface area contributed by atoms with Crippen LogP contribution in [0, 0.1) is 0 Å². The van der Waals surface area contributed by atoms with Crippen molar-refractivity contribution >= 4 is 0 Å². The van der Waals surface area contributed by atoms with E-state index < -0.39 is 0 Å². The van der Waals surface area contributed by atoms with E-state index in [1.807, 2.05) is 12.1 Å². The Morgan fingerprint density at radius 2 is 1.34 bits per heavy atom. The second-order valence-corrected chi connectivity index (χ2v) is 9.57. The number of rotatable bonds is 16. The highest BCUT2D eigenvalue weighted by Crippen LogP contribution is 2.21. The highest BCUT2D eigenvalue weighted by Gasteiger charge is 2.20. The van der Waals surface area contributed by atoms with Crippen LogP contribution < -0.4 is 4.74 Å². The molecule has 4 heteroatoms. The summed E-state index contributed by atoms with van der Waals surface area (Å²) >= 11 is 0. The lowest BCUT2D eigenvalue weighted by Gasteiger charge is -2.27. The molecule has 0 saturated carbocycles. The van der Waals surface area contributed by atoms with Crippen molar-refractivity contribution in [1.82, 2.24) is 0 Å². The Labute approximate surface area is 195 Å². The molecule has 0 bridgehead atoms. The fourth-order valence-corrected chi connectivity index (χ4v) is 3.55. The first-order chi connectivity index (χ1) is 15.3.